The van der Waals surface area contributed by atoms with Gasteiger partial charge in [-0.15, -0.1) is 0 Å². The summed E-state index contributed by atoms with van der Waals surface area (Å²) in [4.78, 5) is 33.7. The van der Waals surface area contributed by atoms with Gasteiger partial charge in [-0.1, -0.05) is 46.3 Å². The van der Waals surface area contributed by atoms with E-state index in [1.807, 2.05) is 79.4 Å². The second-order valence-corrected chi connectivity index (χ2v) is 8.93. The summed E-state index contributed by atoms with van der Waals surface area (Å²) in [6.07, 6.45) is 0.340. The van der Waals surface area contributed by atoms with Crippen LogP contribution >= 0.6 is 15.9 Å². The van der Waals surface area contributed by atoms with Gasteiger partial charge < -0.3 is 4.90 Å². The number of nitrogens with zero attached hydrogens (tertiary/aromatic N) is 3. The minimum absolute atomic E-state index is 0.0411. The highest BCUT2D eigenvalue weighted by Crippen LogP contribution is 2.40. The van der Waals surface area contributed by atoms with Crippen molar-refractivity contribution in [3.63, 3.8) is 0 Å². The molecule has 32 heavy (non-hydrogen) atoms. The molecular formula is C26H22BrN3O2. The molecule has 1 amide bonds. The molecule has 0 bridgehead atoms. The number of rotatable bonds is 4. The Balaban J connectivity index is 1.73. The number of likely N-dealkylation sites (N-methyl/N-ethyl adjacent to an activating group) is 1. The van der Waals surface area contributed by atoms with E-state index in [4.69, 9.17) is 4.98 Å². The molecule has 1 atom stereocenters. The smallest absolute Gasteiger partial charge is 0.265 e. The fourth-order valence-electron chi connectivity index (χ4n) is 4.57. The molecule has 0 spiro atoms. The number of hydrogen-bond donors (Lipinski definition) is 0. The Labute approximate surface area is 194 Å². The maximum atomic E-state index is 13.6. The molecular weight excluding hydrogens is 466 g/mol. The van der Waals surface area contributed by atoms with Gasteiger partial charge in [-0.25, -0.2) is 4.98 Å². The molecule has 1 aliphatic rings. The number of halogens is 1. The van der Waals surface area contributed by atoms with Crippen LogP contribution in [0.4, 0.5) is 5.69 Å². The highest BCUT2D eigenvalue weighted by molar-refractivity contribution is 9.10. The molecule has 1 aromatic heterocycles. The molecule has 160 valence electrons. The number of aromatic nitrogens is 2. The van der Waals surface area contributed by atoms with Crippen molar-refractivity contribution >= 4 is 38.4 Å². The summed E-state index contributed by atoms with van der Waals surface area (Å²) >= 11 is 3.54. The van der Waals surface area contributed by atoms with E-state index in [-0.39, 0.29) is 11.5 Å². The van der Waals surface area contributed by atoms with E-state index < -0.39 is 5.92 Å². The van der Waals surface area contributed by atoms with E-state index >= 15 is 0 Å². The first-order chi connectivity index (χ1) is 15.5. The third kappa shape index (κ3) is 3.26. The predicted molar refractivity (Wildman–Crippen MR) is 131 cm³/mol. The van der Waals surface area contributed by atoms with E-state index in [1.54, 1.807) is 10.6 Å². The lowest BCUT2D eigenvalue weighted by Crippen LogP contribution is -2.31. The zero-order chi connectivity index (χ0) is 22.4. The highest BCUT2D eigenvalue weighted by atomic mass is 79.9. The Morgan fingerprint density at radius 1 is 0.969 bits per heavy atom. The molecule has 4 aromatic rings. The highest BCUT2D eigenvalue weighted by Gasteiger charge is 2.37. The van der Waals surface area contributed by atoms with Crippen LogP contribution in [0.5, 0.6) is 0 Å². The van der Waals surface area contributed by atoms with Gasteiger partial charge in [-0.05, 0) is 61.4 Å². The Kier molecular flexibility index (Phi) is 5.18. The molecule has 0 fully saturated rings. The van der Waals surface area contributed by atoms with Gasteiger partial charge in [-0.3, -0.25) is 14.2 Å². The topological polar surface area (TPSA) is 55.2 Å². The van der Waals surface area contributed by atoms with Gasteiger partial charge in [0.1, 0.15) is 5.82 Å². The standard InChI is InChI=1S/C26H22BrN3O2/c1-3-29-23-13-12-17(27)14-19(23)20(25(29)31)15-24-28-21-10-6-5-9-18(21)26(32)30(24)22-11-7-4-8-16(22)2/h4-14,20H,3,15H2,1-2H3/t20-/m0/s1. The average Bonchev–Trinajstić information content (AvgIpc) is 3.05. The monoisotopic (exact) mass is 487 g/mol. The van der Waals surface area contributed by atoms with Crippen LogP contribution in [-0.2, 0) is 11.2 Å². The van der Waals surface area contributed by atoms with Crippen molar-refractivity contribution in [3.8, 4) is 5.69 Å². The van der Waals surface area contributed by atoms with Gasteiger partial charge in [0.05, 0.1) is 22.5 Å². The summed E-state index contributed by atoms with van der Waals surface area (Å²) < 4.78 is 2.60. The van der Waals surface area contributed by atoms with E-state index in [2.05, 4.69) is 15.9 Å². The SMILES string of the molecule is CCN1C(=O)[C@@H](Cc2nc3ccccc3c(=O)n2-c2ccccc2C)c2cc(Br)ccc21. The van der Waals surface area contributed by atoms with E-state index in [0.29, 0.717) is 29.7 Å². The molecule has 3 aromatic carbocycles. The largest absolute Gasteiger partial charge is 0.312 e. The van der Waals surface area contributed by atoms with Gasteiger partial charge >= 0.3 is 0 Å². The average molecular weight is 488 g/mol. The lowest BCUT2D eigenvalue weighted by atomic mass is 9.96. The maximum Gasteiger partial charge on any atom is 0.265 e. The molecule has 0 saturated carbocycles. The summed E-state index contributed by atoms with van der Waals surface area (Å²) in [6.45, 7) is 4.55. The third-order valence-corrected chi connectivity index (χ3v) is 6.62. The lowest BCUT2D eigenvalue weighted by molar-refractivity contribution is -0.119. The number of hydrogen-bond acceptors (Lipinski definition) is 3. The second kappa shape index (κ2) is 8.02. The molecule has 0 saturated heterocycles. The zero-order valence-corrected chi connectivity index (χ0v) is 19.5. The molecule has 0 aliphatic carbocycles. The molecule has 0 radical (unpaired) electrons. The van der Waals surface area contributed by atoms with Gasteiger partial charge in [0.15, 0.2) is 0 Å². The number of fused-ring (bicyclic) bond motifs is 2. The van der Waals surface area contributed by atoms with Gasteiger partial charge in [0.2, 0.25) is 5.91 Å². The molecule has 0 unspecified atom stereocenters. The van der Waals surface area contributed by atoms with Crippen molar-refractivity contribution in [1.82, 2.24) is 9.55 Å². The Morgan fingerprint density at radius 2 is 1.72 bits per heavy atom. The first kappa shape index (κ1) is 20.6. The van der Waals surface area contributed by atoms with Gasteiger partial charge in [-0.2, -0.15) is 0 Å². The van der Waals surface area contributed by atoms with Crippen molar-refractivity contribution in [1.29, 1.82) is 0 Å². The van der Waals surface area contributed by atoms with Crippen LogP contribution < -0.4 is 10.5 Å². The number of benzene rings is 3. The Hall–Kier alpha value is -3.25. The van der Waals surface area contributed by atoms with Crippen molar-refractivity contribution in [3.05, 3.63) is 98.5 Å². The molecule has 6 heteroatoms. The second-order valence-electron chi connectivity index (χ2n) is 8.01. The summed E-state index contributed by atoms with van der Waals surface area (Å²) in [6, 6.07) is 21.1. The molecule has 2 heterocycles. The van der Waals surface area contributed by atoms with Crippen LogP contribution in [-0.4, -0.2) is 22.0 Å². The summed E-state index contributed by atoms with van der Waals surface area (Å²) in [5, 5.41) is 0.565. The number of carbonyl (C=O) groups excluding carboxylic acids is 1. The van der Waals surface area contributed by atoms with Crippen molar-refractivity contribution in [2.45, 2.75) is 26.2 Å². The van der Waals surface area contributed by atoms with E-state index in [9.17, 15) is 9.59 Å². The van der Waals surface area contributed by atoms with Crippen LogP contribution in [0.2, 0.25) is 0 Å². The van der Waals surface area contributed by atoms with Crippen LogP contribution in [0.25, 0.3) is 16.6 Å². The van der Waals surface area contributed by atoms with Gasteiger partial charge in [0.25, 0.3) is 5.56 Å². The van der Waals surface area contributed by atoms with E-state index in [1.165, 1.54) is 0 Å². The maximum absolute atomic E-state index is 13.6. The molecule has 1 aliphatic heterocycles. The van der Waals surface area contributed by atoms with Crippen LogP contribution in [0.1, 0.15) is 29.8 Å². The lowest BCUT2D eigenvalue weighted by Gasteiger charge is -2.18. The molecule has 5 rings (SSSR count). The Bertz CT molecular complexity index is 1430. The first-order valence-electron chi connectivity index (χ1n) is 10.7. The quantitative estimate of drug-likeness (QED) is 0.399. The minimum Gasteiger partial charge on any atom is -0.312 e. The van der Waals surface area contributed by atoms with Crippen LogP contribution in [0.3, 0.4) is 0 Å². The van der Waals surface area contributed by atoms with Crippen LogP contribution in [0, 0.1) is 6.92 Å². The number of anilines is 1. The number of para-hydroxylation sites is 2. The summed E-state index contributed by atoms with van der Waals surface area (Å²) in [7, 11) is 0. The Morgan fingerprint density at radius 3 is 2.50 bits per heavy atom. The third-order valence-electron chi connectivity index (χ3n) is 6.12. The first-order valence-corrected chi connectivity index (χ1v) is 11.5. The van der Waals surface area contributed by atoms with Gasteiger partial charge in [0, 0.05) is 23.1 Å². The number of carbonyl (C=O) groups is 1. The number of aryl methyl sites for hydroxylation is 1. The summed E-state index contributed by atoms with van der Waals surface area (Å²) in [5.74, 6) is 0.232. The molecule has 5 nitrogen and oxygen atoms in total. The van der Waals surface area contributed by atoms with Crippen molar-refractivity contribution in [2.75, 3.05) is 11.4 Å². The molecule has 0 N–H and O–H groups in total. The van der Waals surface area contributed by atoms with E-state index in [0.717, 1.165) is 27.0 Å². The fourth-order valence-corrected chi connectivity index (χ4v) is 4.95. The summed E-state index contributed by atoms with van der Waals surface area (Å²) in [5.41, 5.74) is 4.18. The predicted octanol–water partition coefficient (Wildman–Crippen LogP) is 5.15. The van der Waals surface area contributed by atoms with Crippen molar-refractivity contribution in [2.24, 2.45) is 0 Å². The number of amides is 1. The zero-order valence-electron chi connectivity index (χ0n) is 17.9. The minimum atomic E-state index is -0.397. The van der Waals surface area contributed by atoms with Crippen molar-refractivity contribution < 1.29 is 4.79 Å². The normalized spacial score (nSPS) is 15.4. The van der Waals surface area contributed by atoms with Crippen LogP contribution in [0.15, 0.2) is 76.0 Å². The fraction of sp³-hybridized carbons (Fsp3) is 0.192.